The summed E-state index contributed by atoms with van der Waals surface area (Å²) in [6, 6.07) is 8.98. The van der Waals surface area contributed by atoms with Crippen molar-refractivity contribution in [1.82, 2.24) is 4.90 Å². The van der Waals surface area contributed by atoms with E-state index in [0.717, 1.165) is 0 Å². The lowest BCUT2D eigenvalue weighted by Gasteiger charge is -2.38. The number of halogens is 1. The van der Waals surface area contributed by atoms with Crippen molar-refractivity contribution in [2.24, 2.45) is 0 Å². The molecule has 0 aromatic heterocycles. The highest BCUT2D eigenvalue weighted by Crippen LogP contribution is 2.48. The van der Waals surface area contributed by atoms with Crippen molar-refractivity contribution in [3.8, 4) is 0 Å². The van der Waals surface area contributed by atoms with Crippen molar-refractivity contribution in [3.05, 3.63) is 35.9 Å². The summed E-state index contributed by atoms with van der Waals surface area (Å²) in [5.74, 6) is -0.783. The first kappa shape index (κ1) is 17.8. The number of morpholine rings is 1. The summed E-state index contributed by atoms with van der Waals surface area (Å²) in [7, 11) is 2.08. The first-order valence-electron chi connectivity index (χ1n) is 8.02. The van der Waals surface area contributed by atoms with Crippen molar-refractivity contribution in [3.63, 3.8) is 0 Å². The lowest BCUT2D eigenvalue weighted by molar-refractivity contribution is -0.181. The van der Waals surface area contributed by atoms with Crippen molar-refractivity contribution < 1.29 is 24.5 Å². The summed E-state index contributed by atoms with van der Waals surface area (Å²) in [5.41, 5.74) is -1.67. The molecule has 3 heterocycles. The van der Waals surface area contributed by atoms with Crippen molar-refractivity contribution in [2.45, 2.75) is 48.8 Å². The number of aliphatic hydroxyl groups excluding tert-OH is 1. The number of rotatable bonds is 4. The number of aliphatic hydroxyl groups is 2. The zero-order chi connectivity index (χ0) is 16.2. The largest absolute Gasteiger partial charge is 0.460 e. The third-order valence-electron chi connectivity index (χ3n) is 5.47. The van der Waals surface area contributed by atoms with Gasteiger partial charge >= 0.3 is 5.97 Å². The maximum atomic E-state index is 12.5. The number of carbonyl (C=O) groups is 1. The number of fused-ring (bicyclic) bond motifs is 5. The number of esters is 1. The topological polar surface area (TPSA) is 82.5 Å². The molecule has 3 fully saturated rings. The summed E-state index contributed by atoms with van der Waals surface area (Å²) in [6.45, 7) is -0.705. The Morgan fingerprint density at radius 3 is 2.42 bits per heavy atom. The number of benzene rings is 1. The van der Waals surface area contributed by atoms with E-state index in [1.54, 1.807) is 30.3 Å². The van der Waals surface area contributed by atoms with E-state index in [1.165, 1.54) is 0 Å². The van der Waals surface area contributed by atoms with Gasteiger partial charge in [-0.1, -0.05) is 30.3 Å². The van der Waals surface area contributed by atoms with E-state index in [9.17, 15) is 15.0 Å². The number of epoxide rings is 1. The van der Waals surface area contributed by atoms with Gasteiger partial charge in [0.05, 0.1) is 6.61 Å². The summed E-state index contributed by atoms with van der Waals surface area (Å²) >= 11 is 0. The van der Waals surface area contributed by atoms with Gasteiger partial charge in [0, 0.05) is 24.9 Å². The summed E-state index contributed by atoms with van der Waals surface area (Å²) < 4.78 is 11.2. The number of carbonyl (C=O) groups excluding carboxylic acids is 1. The molecule has 3 aliphatic heterocycles. The van der Waals surface area contributed by atoms with Crippen molar-refractivity contribution in [2.75, 3.05) is 13.7 Å². The van der Waals surface area contributed by atoms with Gasteiger partial charge in [0.1, 0.15) is 18.3 Å². The van der Waals surface area contributed by atoms with E-state index >= 15 is 0 Å². The van der Waals surface area contributed by atoms with Crippen LogP contribution in [0.15, 0.2) is 30.3 Å². The van der Waals surface area contributed by atoms with Crippen LogP contribution in [-0.4, -0.2) is 65.1 Å². The fourth-order valence-corrected chi connectivity index (χ4v) is 4.03. The number of hydrogen-bond donors (Lipinski definition) is 2. The number of piperidine rings is 1. The number of ether oxygens (including phenoxy) is 2. The van der Waals surface area contributed by atoms with Gasteiger partial charge in [0.15, 0.2) is 0 Å². The Bertz CT molecular complexity index is 596. The molecular formula is C17H22BrNO5. The van der Waals surface area contributed by atoms with E-state index < -0.39 is 18.2 Å². The van der Waals surface area contributed by atoms with E-state index in [4.69, 9.17) is 9.47 Å². The predicted molar refractivity (Wildman–Crippen MR) is 90.9 cm³/mol. The molecule has 1 aromatic carbocycles. The third-order valence-corrected chi connectivity index (χ3v) is 5.47. The number of hydrogen-bond acceptors (Lipinski definition) is 6. The highest BCUT2D eigenvalue weighted by Gasteiger charge is 2.63. The van der Waals surface area contributed by atoms with Crippen LogP contribution in [0.5, 0.6) is 0 Å². The second-order valence-corrected chi connectivity index (χ2v) is 6.75. The van der Waals surface area contributed by atoms with Crippen molar-refractivity contribution >= 4 is 23.0 Å². The number of nitrogens with zero attached hydrogens (tertiary/aromatic N) is 1. The van der Waals surface area contributed by atoms with E-state index in [1.807, 2.05) is 0 Å². The third kappa shape index (κ3) is 2.68. The minimum absolute atomic E-state index is 0. The fraction of sp³-hybridized carbons (Fsp3) is 0.588. The monoisotopic (exact) mass is 399 g/mol. The minimum atomic E-state index is -2.01. The molecule has 24 heavy (non-hydrogen) atoms. The highest BCUT2D eigenvalue weighted by molar-refractivity contribution is 8.93. The molecule has 0 radical (unpaired) electrons. The van der Waals surface area contributed by atoms with Crippen LogP contribution in [0, 0.1) is 0 Å². The molecule has 0 amide bonds. The van der Waals surface area contributed by atoms with Gasteiger partial charge in [0.2, 0.25) is 5.60 Å². The molecule has 4 rings (SSSR count). The van der Waals surface area contributed by atoms with Gasteiger partial charge in [-0.05, 0) is 12.6 Å². The molecule has 0 spiro atoms. The molecule has 2 bridgehead atoms. The standard InChI is InChI=1S/C17H21NO5.BrH/c1-18-12-7-11(8-13(18)15-14(12)23-15)22-16(20)17(21,9-19)10-5-3-2-4-6-10;/h2-6,11-15,19,21H,7-9H2,1H3;1H. The predicted octanol–water partition coefficient (Wildman–Crippen LogP) is 0.600. The average molecular weight is 400 g/mol. The summed E-state index contributed by atoms with van der Waals surface area (Å²) in [5, 5.41) is 20.2. The Morgan fingerprint density at radius 2 is 1.88 bits per heavy atom. The minimum Gasteiger partial charge on any atom is -0.460 e. The molecule has 7 heteroatoms. The molecule has 5 unspecified atom stereocenters. The van der Waals surface area contributed by atoms with Crippen LogP contribution in [0.2, 0.25) is 0 Å². The first-order valence-corrected chi connectivity index (χ1v) is 8.02. The molecule has 3 aliphatic rings. The molecule has 132 valence electrons. The molecule has 3 saturated heterocycles. The lowest BCUT2D eigenvalue weighted by atomic mass is 9.94. The van der Waals surface area contributed by atoms with Crippen LogP contribution in [-0.2, 0) is 19.9 Å². The van der Waals surface area contributed by atoms with E-state index in [2.05, 4.69) is 11.9 Å². The molecule has 0 saturated carbocycles. The van der Waals surface area contributed by atoms with Crippen LogP contribution >= 0.6 is 17.0 Å². The summed E-state index contributed by atoms with van der Waals surface area (Å²) in [6.07, 6.45) is 1.69. The second kappa shape index (κ2) is 6.38. The zero-order valence-corrected chi connectivity index (χ0v) is 15.1. The summed E-state index contributed by atoms with van der Waals surface area (Å²) in [4.78, 5) is 14.8. The highest BCUT2D eigenvalue weighted by atomic mass is 79.9. The fourth-order valence-electron chi connectivity index (χ4n) is 4.03. The second-order valence-electron chi connectivity index (χ2n) is 6.75. The Kier molecular flexibility index (Phi) is 4.74. The van der Waals surface area contributed by atoms with Gasteiger partial charge < -0.3 is 19.7 Å². The molecule has 5 atom stereocenters. The van der Waals surface area contributed by atoms with Crippen LogP contribution in [0.25, 0.3) is 0 Å². The molecule has 1 aromatic rings. The Labute approximate surface area is 151 Å². The number of likely N-dealkylation sites (N-methyl/N-ethyl adjacent to an activating group) is 1. The SMILES string of the molecule is Br.CN1C2CC(OC(=O)C(O)(CO)c3ccccc3)CC1C1OC12. The normalized spacial score (nSPS) is 36.2. The molecule has 2 N–H and O–H groups in total. The van der Waals surface area contributed by atoms with Crippen molar-refractivity contribution in [1.29, 1.82) is 0 Å². The average Bonchev–Trinajstić information content (AvgIpc) is 3.33. The Balaban J connectivity index is 0.00000169. The van der Waals surface area contributed by atoms with Crippen LogP contribution in [0.1, 0.15) is 18.4 Å². The smallest absolute Gasteiger partial charge is 0.345 e. The lowest BCUT2D eigenvalue weighted by Crippen LogP contribution is -2.50. The first-order chi connectivity index (χ1) is 11.0. The van der Waals surface area contributed by atoms with Gasteiger partial charge in [-0.2, -0.15) is 0 Å². The molecule has 0 aliphatic carbocycles. The maximum Gasteiger partial charge on any atom is 0.345 e. The maximum absolute atomic E-state index is 12.5. The Morgan fingerprint density at radius 1 is 1.29 bits per heavy atom. The van der Waals surface area contributed by atoms with Crippen LogP contribution < -0.4 is 0 Å². The van der Waals surface area contributed by atoms with E-state index in [-0.39, 0.29) is 47.4 Å². The van der Waals surface area contributed by atoms with Gasteiger partial charge in [-0.15, -0.1) is 17.0 Å². The Hall–Kier alpha value is -0.990. The molecule has 6 nitrogen and oxygen atoms in total. The zero-order valence-electron chi connectivity index (χ0n) is 13.4. The van der Waals surface area contributed by atoms with Gasteiger partial charge in [-0.25, -0.2) is 4.79 Å². The van der Waals surface area contributed by atoms with Crippen LogP contribution in [0.4, 0.5) is 0 Å². The van der Waals surface area contributed by atoms with Crippen LogP contribution in [0.3, 0.4) is 0 Å². The van der Waals surface area contributed by atoms with Gasteiger partial charge in [0.25, 0.3) is 0 Å². The van der Waals surface area contributed by atoms with Gasteiger partial charge in [-0.3, -0.25) is 4.90 Å². The quantitative estimate of drug-likeness (QED) is 0.569. The van der Waals surface area contributed by atoms with E-state index in [0.29, 0.717) is 18.4 Å². The molecular weight excluding hydrogens is 378 g/mol.